The number of likely N-dealkylation sites (tertiary alicyclic amines) is 1. The maximum absolute atomic E-state index is 13.0. The van der Waals surface area contributed by atoms with Gasteiger partial charge in [0.25, 0.3) is 0 Å². The summed E-state index contributed by atoms with van der Waals surface area (Å²) in [5, 5.41) is 22.8. The van der Waals surface area contributed by atoms with Crippen LogP contribution in [-0.2, 0) is 30.4 Å². The first-order chi connectivity index (χ1) is 14.7. The van der Waals surface area contributed by atoms with Crippen molar-refractivity contribution in [2.45, 2.75) is 43.8 Å². The lowest BCUT2D eigenvalue weighted by atomic mass is 10.0. The summed E-state index contributed by atoms with van der Waals surface area (Å²) in [6.07, 6.45) is 0.436. The Morgan fingerprint density at radius 3 is 2.42 bits per heavy atom. The number of rotatable bonds is 10. The van der Waals surface area contributed by atoms with Crippen molar-refractivity contribution in [3.63, 3.8) is 0 Å². The van der Waals surface area contributed by atoms with E-state index in [-0.39, 0.29) is 13.0 Å². The van der Waals surface area contributed by atoms with E-state index < -0.39 is 60.8 Å². The van der Waals surface area contributed by atoms with Crippen LogP contribution in [0.15, 0.2) is 30.3 Å². The van der Waals surface area contributed by atoms with Crippen LogP contribution >= 0.6 is 0 Å². The van der Waals surface area contributed by atoms with Gasteiger partial charge in [0, 0.05) is 13.0 Å². The maximum Gasteiger partial charge on any atom is 0.326 e. The molecule has 1 aliphatic heterocycles. The Morgan fingerprint density at radius 2 is 1.81 bits per heavy atom. The zero-order valence-electron chi connectivity index (χ0n) is 16.8. The van der Waals surface area contributed by atoms with Crippen molar-refractivity contribution in [1.29, 1.82) is 0 Å². The molecule has 11 heteroatoms. The van der Waals surface area contributed by atoms with Crippen LogP contribution in [-0.4, -0.2) is 76.0 Å². The van der Waals surface area contributed by atoms with E-state index in [0.29, 0.717) is 12.8 Å². The number of benzene rings is 1. The number of hydrogen-bond acceptors (Lipinski definition) is 6. The van der Waals surface area contributed by atoms with E-state index in [1.165, 1.54) is 4.90 Å². The second-order valence-electron chi connectivity index (χ2n) is 7.26. The Labute approximate surface area is 178 Å². The number of carbonyl (C=O) groups excluding carboxylic acids is 3. The largest absolute Gasteiger partial charge is 0.481 e. The molecular formula is C20H26N4O7. The first-order valence-electron chi connectivity index (χ1n) is 9.80. The Kier molecular flexibility index (Phi) is 8.50. The van der Waals surface area contributed by atoms with Gasteiger partial charge in [-0.05, 0) is 18.4 Å². The number of nitrogens with one attached hydrogen (secondary N) is 2. The van der Waals surface area contributed by atoms with Crippen LogP contribution in [0.1, 0.15) is 24.8 Å². The van der Waals surface area contributed by atoms with Crippen LogP contribution in [0.3, 0.4) is 0 Å². The second kappa shape index (κ2) is 11.1. The minimum Gasteiger partial charge on any atom is -0.481 e. The summed E-state index contributed by atoms with van der Waals surface area (Å²) in [5.74, 6) is -4.37. The molecule has 0 radical (unpaired) electrons. The number of carboxylic acid groups (broad SMARTS) is 2. The molecule has 1 heterocycles. The van der Waals surface area contributed by atoms with Gasteiger partial charge >= 0.3 is 11.9 Å². The molecule has 6 N–H and O–H groups in total. The molecule has 3 atom stereocenters. The fourth-order valence-electron chi connectivity index (χ4n) is 3.36. The number of carbonyl (C=O) groups is 5. The molecule has 31 heavy (non-hydrogen) atoms. The van der Waals surface area contributed by atoms with Gasteiger partial charge in [-0.25, -0.2) is 4.79 Å². The lowest BCUT2D eigenvalue weighted by molar-refractivity contribution is -0.149. The van der Waals surface area contributed by atoms with E-state index in [4.69, 9.17) is 10.8 Å². The second-order valence-corrected chi connectivity index (χ2v) is 7.26. The van der Waals surface area contributed by atoms with Crippen molar-refractivity contribution < 1.29 is 34.2 Å². The van der Waals surface area contributed by atoms with Gasteiger partial charge in [0.2, 0.25) is 17.7 Å². The number of hydrogen-bond donors (Lipinski definition) is 5. The van der Waals surface area contributed by atoms with Crippen molar-refractivity contribution in [3.8, 4) is 0 Å². The third-order valence-corrected chi connectivity index (χ3v) is 4.89. The molecule has 0 aliphatic carbocycles. The van der Waals surface area contributed by atoms with Crippen LogP contribution in [0.2, 0.25) is 0 Å². The molecular weight excluding hydrogens is 408 g/mol. The number of nitrogens with zero attached hydrogens (tertiary/aromatic N) is 1. The summed E-state index contributed by atoms with van der Waals surface area (Å²) in [7, 11) is 0. The van der Waals surface area contributed by atoms with E-state index in [1.54, 1.807) is 30.3 Å². The summed E-state index contributed by atoms with van der Waals surface area (Å²) in [4.78, 5) is 60.5. The highest BCUT2D eigenvalue weighted by molar-refractivity contribution is 5.93. The molecule has 0 spiro atoms. The smallest absolute Gasteiger partial charge is 0.326 e. The molecule has 0 saturated carbocycles. The third kappa shape index (κ3) is 7.07. The first-order valence-corrected chi connectivity index (χ1v) is 9.80. The molecule has 11 nitrogen and oxygen atoms in total. The number of aliphatic carboxylic acids is 2. The standard InChI is InChI=1S/C20H26N4O7/c21-13(10-17(26)27)18(28)22-11-16(25)23-14(9-12-5-2-1-3-6-12)19(29)24-8-4-7-15(24)20(30)31/h1-3,5-6,13-15H,4,7-11,21H2,(H,22,28)(H,23,25)(H,26,27)(H,30,31). The highest BCUT2D eigenvalue weighted by Gasteiger charge is 2.37. The van der Waals surface area contributed by atoms with Crippen molar-refractivity contribution in [2.24, 2.45) is 5.73 Å². The number of nitrogens with two attached hydrogens (primary N) is 1. The van der Waals surface area contributed by atoms with Crippen LogP contribution in [0, 0.1) is 0 Å². The van der Waals surface area contributed by atoms with Crippen molar-refractivity contribution >= 4 is 29.7 Å². The van der Waals surface area contributed by atoms with E-state index >= 15 is 0 Å². The highest BCUT2D eigenvalue weighted by Crippen LogP contribution is 2.19. The predicted molar refractivity (Wildman–Crippen MR) is 108 cm³/mol. The van der Waals surface area contributed by atoms with Crippen molar-refractivity contribution in [1.82, 2.24) is 15.5 Å². The van der Waals surface area contributed by atoms with Crippen LogP contribution in [0.4, 0.5) is 0 Å². The van der Waals surface area contributed by atoms with Gasteiger partial charge in [0.05, 0.1) is 19.0 Å². The Morgan fingerprint density at radius 1 is 1.13 bits per heavy atom. The molecule has 1 saturated heterocycles. The van der Waals surface area contributed by atoms with Gasteiger partial charge in [0.15, 0.2) is 0 Å². The van der Waals surface area contributed by atoms with Gasteiger partial charge < -0.3 is 31.5 Å². The molecule has 1 fully saturated rings. The van der Waals surface area contributed by atoms with Gasteiger partial charge in [-0.15, -0.1) is 0 Å². The van der Waals surface area contributed by atoms with Gasteiger partial charge in [-0.3, -0.25) is 19.2 Å². The normalized spacial score (nSPS) is 17.5. The quantitative estimate of drug-likeness (QED) is 0.302. The first kappa shape index (κ1) is 23.8. The minimum atomic E-state index is -1.31. The molecule has 1 aliphatic rings. The monoisotopic (exact) mass is 434 g/mol. The number of carboxylic acids is 2. The van der Waals surface area contributed by atoms with Crippen molar-refractivity contribution in [2.75, 3.05) is 13.1 Å². The predicted octanol–water partition coefficient (Wildman–Crippen LogP) is -1.29. The van der Waals surface area contributed by atoms with Gasteiger partial charge in [-0.1, -0.05) is 30.3 Å². The summed E-state index contributed by atoms with van der Waals surface area (Å²) >= 11 is 0. The number of amides is 3. The van der Waals surface area contributed by atoms with Gasteiger partial charge in [-0.2, -0.15) is 0 Å². The van der Waals surface area contributed by atoms with Crippen LogP contribution in [0.5, 0.6) is 0 Å². The fraction of sp³-hybridized carbons (Fsp3) is 0.450. The van der Waals surface area contributed by atoms with E-state index in [0.717, 1.165) is 5.56 Å². The van der Waals surface area contributed by atoms with E-state index in [1.807, 2.05) is 0 Å². The van der Waals surface area contributed by atoms with Gasteiger partial charge in [0.1, 0.15) is 12.1 Å². The lowest BCUT2D eigenvalue weighted by Gasteiger charge is -2.27. The van der Waals surface area contributed by atoms with E-state index in [9.17, 15) is 29.1 Å². The molecule has 168 valence electrons. The fourth-order valence-corrected chi connectivity index (χ4v) is 3.36. The van der Waals surface area contributed by atoms with Crippen LogP contribution in [0.25, 0.3) is 0 Å². The third-order valence-electron chi connectivity index (χ3n) is 4.89. The molecule has 3 amide bonds. The summed E-state index contributed by atoms with van der Waals surface area (Å²) in [6, 6.07) is 5.62. The average Bonchev–Trinajstić information content (AvgIpc) is 3.21. The zero-order chi connectivity index (χ0) is 23.0. The summed E-state index contributed by atoms with van der Waals surface area (Å²) in [5.41, 5.74) is 6.21. The molecule has 3 unspecified atom stereocenters. The molecule has 0 bridgehead atoms. The Bertz CT molecular complexity index is 830. The lowest BCUT2D eigenvalue weighted by Crippen LogP contribution is -2.54. The zero-order valence-corrected chi connectivity index (χ0v) is 16.8. The average molecular weight is 434 g/mol. The van der Waals surface area contributed by atoms with Crippen molar-refractivity contribution in [3.05, 3.63) is 35.9 Å². The Hall–Kier alpha value is -3.47. The highest BCUT2D eigenvalue weighted by atomic mass is 16.4. The summed E-state index contributed by atoms with van der Waals surface area (Å²) < 4.78 is 0. The van der Waals surface area contributed by atoms with Crippen LogP contribution < -0.4 is 16.4 Å². The topological polar surface area (TPSA) is 179 Å². The molecule has 1 aromatic rings. The molecule has 1 aromatic carbocycles. The molecule has 2 rings (SSSR count). The SMILES string of the molecule is NC(CC(=O)O)C(=O)NCC(=O)NC(Cc1ccccc1)C(=O)N1CCCC1C(=O)O. The molecule has 0 aromatic heterocycles. The van der Waals surface area contributed by atoms with E-state index in [2.05, 4.69) is 10.6 Å². The summed E-state index contributed by atoms with van der Waals surface area (Å²) in [6.45, 7) is -0.231. The minimum absolute atomic E-state index is 0.140. The Balaban J connectivity index is 2.05. The maximum atomic E-state index is 13.0.